The molecule has 0 fully saturated rings. The second-order valence-corrected chi connectivity index (χ2v) is 6.56. The normalized spacial score (nSPS) is 11.0. The molecule has 1 amide bonds. The monoisotopic (exact) mass is 338 g/mol. The van der Waals surface area contributed by atoms with Gasteiger partial charge in [0.1, 0.15) is 5.52 Å². The number of halogens is 1. The smallest absolute Gasteiger partial charge is 0.257 e. The van der Waals surface area contributed by atoms with E-state index in [-0.39, 0.29) is 5.91 Å². The van der Waals surface area contributed by atoms with Crippen LogP contribution in [0, 0.1) is 0 Å². The first-order valence-electron chi connectivity index (χ1n) is 7.06. The van der Waals surface area contributed by atoms with E-state index in [0.29, 0.717) is 21.2 Å². The van der Waals surface area contributed by atoms with Crippen molar-refractivity contribution >= 4 is 55.0 Å². The summed E-state index contributed by atoms with van der Waals surface area (Å²) in [4.78, 5) is 16.8. The Kier molecular flexibility index (Phi) is 3.48. The molecule has 3 nitrogen and oxygen atoms in total. The van der Waals surface area contributed by atoms with Crippen molar-refractivity contribution in [3.8, 4) is 0 Å². The van der Waals surface area contributed by atoms with Gasteiger partial charge in [0.05, 0.1) is 9.72 Å². The van der Waals surface area contributed by atoms with Gasteiger partial charge in [-0.3, -0.25) is 10.1 Å². The summed E-state index contributed by atoms with van der Waals surface area (Å²) in [5.74, 6) is -0.175. The van der Waals surface area contributed by atoms with Crippen LogP contribution in [0.3, 0.4) is 0 Å². The SMILES string of the molecule is O=C(Nc1nc2c(Cl)cccc2s1)c1ccc2ccccc2c1. The quantitative estimate of drug-likeness (QED) is 0.535. The number of aromatic nitrogens is 1. The Bertz CT molecular complexity index is 1040. The van der Waals surface area contributed by atoms with Crippen molar-refractivity contribution in [3.05, 3.63) is 71.2 Å². The molecule has 5 heteroatoms. The van der Waals surface area contributed by atoms with Crippen molar-refractivity contribution in [1.29, 1.82) is 0 Å². The highest BCUT2D eigenvalue weighted by molar-refractivity contribution is 7.22. The van der Waals surface area contributed by atoms with Crippen LogP contribution in [0.1, 0.15) is 10.4 Å². The number of carbonyl (C=O) groups excluding carboxylic acids is 1. The van der Waals surface area contributed by atoms with Crippen LogP contribution in [0.15, 0.2) is 60.7 Å². The second-order valence-electron chi connectivity index (χ2n) is 5.12. The van der Waals surface area contributed by atoms with E-state index in [2.05, 4.69) is 10.3 Å². The summed E-state index contributed by atoms with van der Waals surface area (Å²) in [6.45, 7) is 0. The number of para-hydroxylation sites is 1. The average molecular weight is 339 g/mol. The Labute approximate surface area is 141 Å². The number of hydrogen-bond donors (Lipinski definition) is 1. The Morgan fingerprint density at radius 3 is 2.65 bits per heavy atom. The molecule has 3 aromatic carbocycles. The summed E-state index contributed by atoms with van der Waals surface area (Å²) >= 11 is 7.53. The number of nitrogens with zero attached hydrogens (tertiary/aromatic N) is 1. The fraction of sp³-hybridized carbons (Fsp3) is 0. The molecule has 0 aliphatic carbocycles. The number of hydrogen-bond acceptors (Lipinski definition) is 3. The molecule has 0 atom stereocenters. The number of benzene rings is 3. The van der Waals surface area contributed by atoms with Crippen molar-refractivity contribution in [2.45, 2.75) is 0 Å². The third kappa shape index (κ3) is 2.67. The molecule has 4 rings (SSSR count). The van der Waals surface area contributed by atoms with E-state index in [1.165, 1.54) is 11.3 Å². The van der Waals surface area contributed by atoms with Crippen molar-refractivity contribution in [2.75, 3.05) is 5.32 Å². The van der Waals surface area contributed by atoms with Gasteiger partial charge in [-0.25, -0.2) is 4.98 Å². The van der Waals surface area contributed by atoms with E-state index < -0.39 is 0 Å². The number of carbonyl (C=O) groups is 1. The maximum Gasteiger partial charge on any atom is 0.257 e. The lowest BCUT2D eigenvalue weighted by atomic mass is 10.1. The van der Waals surface area contributed by atoms with Crippen LogP contribution in [0.5, 0.6) is 0 Å². The minimum Gasteiger partial charge on any atom is -0.298 e. The topological polar surface area (TPSA) is 42.0 Å². The third-order valence-corrected chi connectivity index (χ3v) is 4.84. The average Bonchev–Trinajstić information content (AvgIpc) is 2.98. The Balaban J connectivity index is 1.66. The first-order chi connectivity index (χ1) is 11.2. The highest BCUT2D eigenvalue weighted by Gasteiger charge is 2.11. The van der Waals surface area contributed by atoms with Gasteiger partial charge in [0, 0.05) is 5.56 Å². The van der Waals surface area contributed by atoms with E-state index in [0.717, 1.165) is 15.5 Å². The van der Waals surface area contributed by atoms with Crippen LogP contribution in [0.4, 0.5) is 5.13 Å². The Morgan fingerprint density at radius 2 is 1.83 bits per heavy atom. The van der Waals surface area contributed by atoms with Gasteiger partial charge in [0.25, 0.3) is 5.91 Å². The van der Waals surface area contributed by atoms with Crippen LogP contribution < -0.4 is 5.32 Å². The van der Waals surface area contributed by atoms with Gasteiger partial charge in [0.15, 0.2) is 5.13 Å². The molecule has 0 spiro atoms. The summed E-state index contributed by atoms with van der Waals surface area (Å²) in [6, 6.07) is 19.2. The molecule has 0 aliphatic rings. The van der Waals surface area contributed by atoms with E-state index in [9.17, 15) is 4.79 Å². The van der Waals surface area contributed by atoms with Gasteiger partial charge in [0.2, 0.25) is 0 Å². The van der Waals surface area contributed by atoms with E-state index >= 15 is 0 Å². The molecule has 0 aliphatic heterocycles. The zero-order chi connectivity index (χ0) is 15.8. The first-order valence-corrected chi connectivity index (χ1v) is 8.25. The molecule has 23 heavy (non-hydrogen) atoms. The molecule has 0 bridgehead atoms. The van der Waals surface area contributed by atoms with E-state index in [1.807, 2.05) is 54.6 Å². The largest absolute Gasteiger partial charge is 0.298 e. The van der Waals surface area contributed by atoms with Crippen LogP contribution in [-0.4, -0.2) is 10.9 Å². The number of fused-ring (bicyclic) bond motifs is 2. The van der Waals surface area contributed by atoms with Gasteiger partial charge in [-0.1, -0.05) is 59.3 Å². The maximum absolute atomic E-state index is 12.4. The highest BCUT2D eigenvalue weighted by atomic mass is 35.5. The molecule has 0 saturated heterocycles. The fourth-order valence-corrected chi connectivity index (χ4v) is 3.63. The lowest BCUT2D eigenvalue weighted by molar-refractivity contribution is 0.102. The minimum atomic E-state index is -0.175. The molecule has 0 saturated carbocycles. The fourth-order valence-electron chi connectivity index (χ4n) is 2.47. The molecular weight excluding hydrogens is 328 g/mol. The van der Waals surface area contributed by atoms with Crippen molar-refractivity contribution < 1.29 is 4.79 Å². The van der Waals surface area contributed by atoms with Gasteiger partial charge in [-0.05, 0) is 35.0 Å². The lowest BCUT2D eigenvalue weighted by Crippen LogP contribution is -2.11. The molecule has 1 heterocycles. The highest BCUT2D eigenvalue weighted by Crippen LogP contribution is 2.30. The maximum atomic E-state index is 12.4. The summed E-state index contributed by atoms with van der Waals surface area (Å²) < 4.78 is 0.950. The second kappa shape index (κ2) is 5.65. The zero-order valence-electron chi connectivity index (χ0n) is 11.9. The van der Waals surface area contributed by atoms with Crippen molar-refractivity contribution in [2.24, 2.45) is 0 Å². The number of rotatable bonds is 2. The predicted octanol–water partition coefficient (Wildman–Crippen LogP) is 5.36. The summed E-state index contributed by atoms with van der Waals surface area (Å²) in [7, 11) is 0. The Hall–Kier alpha value is -2.43. The van der Waals surface area contributed by atoms with Crippen molar-refractivity contribution in [1.82, 2.24) is 4.98 Å². The molecule has 0 radical (unpaired) electrons. The predicted molar refractivity (Wildman–Crippen MR) is 96.5 cm³/mol. The van der Waals surface area contributed by atoms with Crippen LogP contribution in [0.25, 0.3) is 21.0 Å². The molecule has 0 unspecified atom stereocenters. The first kappa shape index (κ1) is 14.2. The van der Waals surface area contributed by atoms with Crippen molar-refractivity contribution in [3.63, 3.8) is 0 Å². The van der Waals surface area contributed by atoms with Gasteiger partial charge < -0.3 is 0 Å². The number of amides is 1. The summed E-state index contributed by atoms with van der Waals surface area (Å²) in [6.07, 6.45) is 0. The Morgan fingerprint density at radius 1 is 1.00 bits per heavy atom. The van der Waals surface area contributed by atoms with Crippen LogP contribution in [0.2, 0.25) is 5.02 Å². The standard InChI is InChI=1S/C18H11ClN2OS/c19-14-6-3-7-15-16(14)20-18(23-15)21-17(22)13-9-8-11-4-1-2-5-12(11)10-13/h1-10H,(H,20,21,22). The lowest BCUT2D eigenvalue weighted by Gasteiger charge is -2.03. The van der Waals surface area contributed by atoms with Crippen LogP contribution in [-0.2, 0) is 0 Å². The molecular formula is C18H11ClN2OS. The molecule has 112 valence electrons. The minimum absolute atomic E-state index is 0.175. The number of anilines is 1. The van der Waals surface area contributed by atoms with Gasteiger partial charge in [-0.15, -0.1) is 0 Å². The third-order valence-electron chi connectivity index (χ3n) is 3.60. The summed E-state index contributed by atoms with van der Waals surface area (Å²) in [5.41, 5.74) is 1.32. The van der Waals surface area contributed by atoms with E-state index in [4.69, 9.17) is 11.6 Å². The van der Waals surface area contributed by atoms with Gasteiger partial charge >= 0.3 is 0 Å². The van der Waals surface area contributed by atoms with E-state index in [1.54, 1.807) is 6.07 Å². The summed E-state index contributed by atoms with van der Waals surface area (Å²) in [5, 5.41) is 6.13. The molecule has 4 aromatic rings. The van der Waals surface area contributed by atoms with Crippen LogP contribution >= 0.6 is 22.9 Å². The number of thiazole rings is 1. The zero-order valence-corrected chi connectivity index (χ0v) is 13.5. The number of nitrogens with one attached hydrogen (secondary N) is 1. The van der Waals surface area contributed by atoms with Gasteiger partial charge in [-0.2, -0.15) is 0 Å². The molecule has 1 aromatic heterocycles. The molecule has 1 N–H and O–H groups in total.